The molecule has 0 aliphatic carbocycles. The number of hydrogen-bond donors (Lipinski definition) is 2. The maximum Gasteiger partial charge on any atom is 0.254 e. The molecule has 1 saturated heterocycles. The van der Waals surface area contributed by atoms with Crippen molar-refractivity contribution in [2.45, 2.75) is 25.3 Å². The highest BCUT2D eigenvalue weighted by Crippen LogP contribution is 2.32. The van der Waals surface area contributed by atoms with Crippen molar-refractivity contribution < 1.29 is 9.18 Å². The summed E-state index contributed by atoms with van der Waals surface area (Å²) in [5.74, 6) is 0.331. The van der Waals surface area contributed by atoms with Crippen molar-refractivity contribution in [1.82, 2.24) is 30.3 Å². The Morgan fingerprint density at radius 2 is 1.93 bits per heavy atom. The van der Waals surface area contributed by atoms with Crippen LogP contribution in [-0.4, -0.2) is 42.7 Å². The zero-order chi connectivity index (χ0) is 18.4. The quantitative estimate of drug-likeness (QED) is 0.571. The van der Waals surface area contributed by atoms with E-state index >= 15 is 0 Å². The van der Waals surface area contributed by atoms with Gasteiger partial charge in [0.15, 0.2) is 0 Å². The Bertz CT molecular complexity index is 1150. The second-order valence-electron chi connectivity index (χ2n) is 6.82. The van der Waals surface area contributed by atoms with Gasteiger partial charge >= 0.3 is 0 Å². The number of hydrogen-bond acceptors (Lipinski definition) is 4. The van der Waals surface area contributed by atoms with Gasteiger partial charge in [0.05, 0.1) is 17.1 Å². The Balaban J connectivity index is 1.51. The molecular formula is C19H17FN6O. The fraction of sp³-hybridized carbons (Fsp3) is 0.263. The largest absolute Gasteiger partial charge is 0.340 e. The second-order valence-corrected chi connectivity index (χ2v) is 6.82. The number of halogens is 1. The highest BCUT2D eigenvalue weighted by molar-refractivity contribution is 5.97. The van der Waals surface area contributed by atoms with Crippen LogP contribution in [0.2, 0.25) is 0 Å². The van der Waals surface area contributed by atoms with E-state index in [1.54, 1.807) is 24.3 Å². The highest BCUT2D eigenvalue weighted by Gasteiger charge is 2.31. The van der Waals surface area contributed by atoms with E-state index in [0.29, 0.717) is 34.5 Å². The van der Waals surface area contributed by atoms with Crippen LogP contribution in [0.5, 0.6) is 0 Å². The summed E-state index contributed by atoms with van der Waals surface area (Å²) >= 11 is 0. The van der Waals surface area contributed by atoms with Gasteiger partial charge in [-0.05, 0) is 55.7 Å². The molecule has 2 N–H and O–H groups in total. The fourth-order valence-corrected chi connectivity index (χ4v) is 3.76. The summed E-state index contributed by atoms with van der Waals surface area (Å²) in [7, 11) is 0. The minimum Gasteiger partial charge on any atom is -0.340 e. The number of carbonyl (C=O) groups excluding carboxylic acids is 1. The van der Waals surface area contributed by atoms with E-state index in [4.69, 9.17) is 0 Å². The van der Waals surface area contributed by atoms with Crippen molar-refractivity contribution in [3.05, 3.63) is 53.6 Å². The van der Waals surface area contributed by atoms with Gasteiger partial charge in [0.1, 0.15) is 22.7 Å². The van der Waals surface area contributed by atoms with Crippen LogP contribution in [-0.2, 0) is 0 Å². The molecule has 7 nitrogen and oxygen atoms in total. The average Bonchev–Trinajstić information content (AvgIpc) is 3.33. The number of likely N-dealkylation sites (tertiary alicyclic amines) is 1. The molecular weight excluding hydrogens is 347 g/mol. The van der Waals surface area contributed by atoms with Gasteiger partial charge in [0.2, 0.25) is 0 Å². The first-order chi connectivity index (χ1) is 13.2. The maximum atomic E-state index is 13.5. The minimum atomic E-state index is -0.310. The van der Waals surface area contributed by atoms with Gasteiger partial charge in [-0.25, -0.2) is 9.37 Å². The number of nitrogens with one attached hydrogen (secondary N) is 2. The molecule has 1 atom stereocenters. The molecule has 0 bridgehead atoms. The summed E-state index contributed by atoms with van der Waals surface area (Å²) in [6.45, 7) is 0.658. The number of benzene rings is 2. The molecule has 27 heavy (non-hydrogen) atoms. The number of piperidine rings is 1. The van der Waals surface area contributed by atoms with Crippen LogP contribution in [0.1, 0.15) is 41.5 Å². The van der Waals surface area contributed by atoms with Crippen molar-refractivity contribution in [1.29, 1.82) is 0 Å². The van der Waals surface area contributed by atoms with Crippen molar-refractivity contribution in [3.8, 4) is 0 Å². The zero-order valence-corrected chi connectivity index (χ0v) is 14.4. The van der Waals surface area contributed by atoms with Crippen molar-refractivity contribution in [2.24, 2.45) is 0 Å². The Morgan fingerprint density at radius 3 is 2.85 bits per heavy atom. The van der Waals surface area contributed by atoms with Gasteiger partial charge in [-0.3, -0.25) is 4.79 Å². The van der Waals surface area contributed by atoms with Crippen LogP contribution in [0, 0.1) is 5.82 Å². The smallest absolute Gasteiger partial charge is 0.254 e. The molecule has 1 unspecified atom stereocenters. The molecule has 8 heteroatoms. The van der Waals surface area contributed by atoms with Crippen LogP contribution in [0.3, 0.4) is 0 Å². The number of nitrogens with zero attached hydrogens (tertiary/aromatic N) is 4. The second kappa shape index (κ2) is 6.15. The predicted molar refractivity (Wildman–Crippen MR) is 97.6 cm³/mol. The molecule has 2 aromatic heterocycles. The average molecular weight is 364 g/mol. The molecule has 0 spiro atoms. The van der Waals surface area contributed by atoms with Crippen LogP contribution in [0.15, 0.2) is 36.4 Å². The molecule has 0 radical (unpaired) electrons. The van der Waals surface area contributed by atoms with Crippen LogP contribution < -0.4 is 0 Å². The number of fused-ring (bicyclic) bond motifs is 2. The molecule has 4 aromatic rings. The monoisotopic (exact) mass is 364 g/mol. The lowest BCUT2D eigenvalue weighted by Gasteiger charge is -2.34. The molecule has 2 aromatic carbocycles. The van der Waals surface area contributed by atoms with E-state index in [2.05, 4.69) is 25.4 Å². The van der Waals surface area contributed by atoms with Crippen molar-refractivity contribution >= 4 is 28.0 Å². The zero-order valence-electron chi connectivity index (χ0n) is 14.4. The summed E-state index contributed by atoms with van der Waals surface area (Å²) < 4.78 is 13.5. The third-order valence-electron chi connectivity index (χ3n) is 5.10. The Morgan fingerprint density at radius 1 is 1.07 bits per heavy atom. The number of amides is 1. The van der Waals surface area contributed by atoms with Gasteiger partial charge in [0, 0.05) is 12.1 Å². The number of H-pyrrole nitrogens is 2. The van der Waals surface area contributed by atoms with E-state index in [-0.39, 0.29) is 17.8 Å². The van der Waals surface area contributed by atoms with Crippen LogP contribution in [0.4, 0.5) is 4.39 Å². The molecule has 0 saturated carbocycles. The van der Waals surface area contributed by atoms with E-state index in [1.165, 1.54) is 12.1 Å². The summed E-state index contributed by atoms with van der Waals surface area (Å²) in [4.78, 5) is 22.8. The van der Waals surface area contributed by atoms with Crippen LogP contribution in [0.25, 0.3) is 22.1 Å². The van der Waals surface area contributed by atoms with Gasteiger partial charge in [-0.1, -0.05) is 0 Å². The number of aromatic amines is 2. The topological polar surface area (TPSA) is 90.6 Å². The lowest BCUT2D eigenvalue weighted by Crippen LogP contribution is -2.39. The third-order valence-corrected chi connectivity index (χ3v) is 5.10. The first-order valence-corrected chi connectivity index (χ1v) is 8.96. The highest BCUT2D eigenvalue weighted by atomic mass is 19.1. The maximum absolute atomic E-state index is 13.5. The number of aromatic nitrogens is 5. The Kier molecular flexibility index (Phi) is 3.63. The minimum absolute atomic E-state index is 0.0590. The van der Waals surface area contributed by atoms with Gasteiger partial charge in [-0.2, -0.15) is 15.4 Å². The number of imidazole rings is 1. The predicted octanol–water partition coefficient (Wildman–Crippen LogP) is 3.34. The SMILES string of the molecule is O=C(c1ccc2n[nH]nc2c1)N1CCCCC1c1nc2ccc(F)cc2[nH]1. The first kappa shape index (κ1) is 15.9. The molecule has 1 fully saturated rings. The fourth-order valence-electron chi connectivity index (χ4n) is 3.76. The number of rotatable bonds is 2. The molecule has 136 valence electrons. The van der Waals surface area contributed by atoms with Gasteiger partial charge in [0.25, 0.3) is 5.91 Å². The number of carbonyl (C=O) groups is 1. The Labute approximate surface area is 153 Å². The summed E-state index contributed by atoms with van der Waals surface area (Å²) in [6.07, 6.45) is 2.78. The van der Waals surface area contributed by atoms with Crippen molar-refractivity contribution in [3.63, 3.8) is 0 Å². The Hall–Kier alpha value is -3.29. The summed E-state index contributed by atoms with van der Waals surface area (Å²) in [5.41, 5.74) is 3.31. The molecule has 1 aliphatic heterocycles. The first-order valence-electron chi connectivity index (χ1n) is 8.96. The molecule has 1 amide bonds. The van der Waals surface area contributed by atoms with Crippen LogP contribution >= 0.6 is 0 Å². The lowest BCUT2D eigenvalue weighted by molar-refractivity contribution is 0.0601. The standard InChI is InChI=1S/C19H17FN6O/c20-12-5-7-13-15(10-12)22-18(21-13)17-3-1-2-8-26(17)19(27)11-4-6-14-16(9-11)24-25-23-14/h4-7,9-10,17H,1-3,8H2,(H,21,22)(H,23,24,25). The third kappa shape index (κ3) is 2.73. The molecule has 3 heterocycles. The van der Waals surface area contributed by atoms with Crippen molar-refractivity contribution in [2.75, 3.05) is 6.54 Å². The summed E-state index contributed by atoms with van der Waals surface area (Å²) in [6, 6.07) is 9.62. The van der Waals surface area contributed by atoms with E-state index in [0.717, 1.165) is 24.8 Å². The van der Waals surface area contributed by atoms with E-state index < -0.39 is 0 Å². The van der Waals surface area contributed by atoms with Gasteiger partial charge in [-0.15, -0.1) is 0 Å². The molecule has 5 rings (SSSR count). The van der Waals surface area contributed by atoms with E-state index in [9.17, 15) is 9.18 Å². The molecule has 1 aliphatic rings. The lowest BCUT2D eigenvalue weighted by atomic mass is 10.00. The summed E-state index contributed by atoms with van der Waals surface area (Å²) in [5, 5.41) is 10.6. The van der Waals surface area contributed by atoms with E-state index in [1.807, 2.05) is 4.90 Å². The van der Waals surface area contributed by atoms with Gasteiger partial charge < -0.3 is 9.88 Å². The normalized spacial score (nSPS) is 17.7.